The number of anilines is 1. The number of hydrogen-bond acceptors (Lipinski definition) is 3. The van der Waals surface area contributed by atoms with E-state index in [9.17, 15) is 4.79 Å². The fraction of sp³-hybridized carbons (Fsp3) is 0.120. The van der Waals surface area contributed by atoms with Gasteiger partial charge in [-0.05, 0) is 60.0 Å². The zero-order valence-electron chi connectivity index (χ0n) is 17.7. The van der Waals surface area contributed by atoms with Crippen LogP contribution < -0.4 is 10.1 Å². The number of nitrogens with zero attached hydrogens (tertiary/aromatic N) is 2. The van der Waals surface area contributed by atoms with E-state index in [2.05, 4.69) is 10.4 Å². The summed E-state index contributed by atoms with van der Waals surface area (Å²) < 4.78 is 7.52. The van der Waals surface area contributed by atoms with Crippen LogP contribution in [-0.4, -0.2) is 15.7 Å². The van der Waals surface area contributed by atoms with Gasteiger partial charge in [-0.1, -0.05) is 59.1 Å². The molecule has 1 amide bonds. The fourth-order valence-electron chi connectivity index (χ4n) is 3.16. The molecule has 0 saturated carbocycles. The van der Waals surface area contributed by atoms with Crippen molar-refractivity contribution < 1.29 is 9.53 Å². The first kappa shape index (κ1) is 23.2. The molecule has 0 aliphatic carbocycles. The molecular weight excluding hydrogens is 481 g/mol. The predicted octanol–water partition coefficient (Wildman–Crippen LogP) is 7.03. The smallest absolute Gasteiger partial charge is 0.256 e. The molecular formula is C25H20Cl3N3O2. The Kier molecular flexibility index (Phi) is 7.23. The second kappa shape index (κ2) is 10.3. The zero-order valence-corrected chi connectivity index (χ0v) is 20.0. The van der Waals surface area contributed by atoms with Crippen LogP contribution in [0.5, 0.6) is 5.75 Å². The van der Waals surface area contributed by atoms with E-state index >= 15 is 0 Å². The lowest BCUT2D eigenvalue weighted by atomic mass is 10.1. The van der Waals surface area contributed by atoms with Crippen molar-refractivity contribution in [3.8, 4) is 5.75 Å². The molecule has 4 aromatic rings. The van der Waals surface area contributed by atoms with Gasteiger partial charge in [0.1, 0.15) is 12.4 Å². The predicted molar refractivity (Wildman–Crippen MR) is 133 cm³/mol. The Morgan fingerprint density at radius 1 is 0.909 bits per heavy atom. The molecule has 3 aromatic carbocycles. The van der Waals surface area contributed by atoms with Gasteiger partial charge in [-0.25, -0.2) is 0 Å². The topological polar surface area (TPSA) is 56.1 Å². The first-order valence-electron chi connectivity index (χ1n) is 10.1. The monoisotopic (exact) mass is 499 g/mol. The van der Waals surface area contributed by atoms with Gasteiger partial charge in [-0.15, -0.1) is 0 Å². The summed E-state index contributed by atoms with van der Waals surface area (Å²) in [5.74, 6) is 0.848. The molecule has 0 saturated heterocycles. The second-order valence-corrected chi connectivity index (χ2v) is 8.74. The molecule has 0 aliphatic rings. The molecule has 1 N–H and O–H groups in total. The molecule has 0 fully saturated rings. The molecule has 0 bridgehead atoms. The number of rotatable bonds is 7. The van der Waals surface area contributed by atoms with Gasteiger partial charge in [0.15, 0.2) is 5.82 Å². The first-order valence-corrected chi connectivity index (χ1v) is 11.3. The van der Waals surface area contributed by atoms with Gasteiger partial charge in [-0.2, -0.15) is 5.10 Å². The third-order valence-electron chi connectivity index (χ3n) is 4.91. The van der Waals surface area contributed by atoms with Crippen LogP contribution in [0.1, 0.15) is 27.0 Å². The van der Waals surface area contributed by atoms with Crippen LogP contribution in [0.3, 0.4) is 0 Å². The maximum Gasteiger partial charge on any atom is 0.256 e. The molecule has 0 aliphatic heterocycles. The summed E-state index contributed by atoms with van der Waals surface area (Å²) >= 11 is 18.2. The number of carbonyl (C=O) groups excluding carboxylic acids is 1. The van der Waals surface area contributed by atoms with E-state index in [0.717, 1.165) is 16.7 Å². The van der Waals surface area contributed by atoms with Crippen molar-refractivity contribution in [3.05, 3.63) is 110 Å². The molecule has 8 heteroatoms. The van der Waals surface area contributed by atoms with Crippen molar-refractivity contribution in [3.63, 3.8) is 0 Å². The summed E-state index contributed by atoms with van der Waals surface area (Å²) in [6.07, 6.45) is 1.79. The van der Waals surface area contributed by atoms with Crippen molar-refractivity contribution in [2.75, 3.05) is 5.32 Å². The van der Waals surface area contributed by atoms with Gasteiger partial charge < -0.3 is 10.1 Å². The minimum Gasteiger partial charge on any atom is -0.487 e. The molecule has 0 unspecified atom stereocenters. The van der Waals surface area contributed by atoms with E-state index in [1.165, 1.54) is 0 Å². The second-order valence-electron chi connectivity index (χ2n) is 7.52. The average molecular weight is 501 g/mol. The highest BCUT2D eigenvalue weighted by molar-refractivity contribution is 6.42. The fourth-order valence-corrected chi connectivity index (χ4v) is 3.66. The highest BCUT2D eigenvalue weighted by atomic mass is 35.5. The number of ether oxygens (including phenoxy) is 1. The number of aryl methyl sites for hydroxylation is 1. The van der Waals surface area contributed by atoms with E-state index in [-0.39, 0.29) is 5.91 Å². The van der Waals surface area contributed by atoms with Crippen LogP contribution in [0.4, 0.5) is 5.82 Å². The molecule has 1 aromatic heterocycles. The molecule has 4 rings (SSSR count). The number of halogens is 3. The van der Waals surface area contributed by atoms with Crippen LogP contribution in [-0.2, 0) is 13.2 Å². The Morgan fingerprint density at radius 2 is 1.64 bits per heavy atom. The van der Waals surface area contributed by atoms with E-state index in [1.54, 1.807) is 41.2 Å². The zero-order chi connectivity index (χ0) is 23.4. The van der Waals surface area contributed by atoms with Gasteiger partial charge in [-0.3, -0.25) is 9.48 Å². The third kappa shape index (κ3) is 6.08. The normalized spacial score (nSPS) is 10.8. The van der Waals surface area contributed by atoms with Crippen molar-refractivity contribution in [1.82, 2.24) is 9.78 Å². The molecule has 0 spiro atoms. The molecule has 168 valence electrons. The Balaban J connectivity index is 1.34. The quantitative estimate of drug-likeness (QED) is 0.296. The first-order chi connectivity index (χ1) is 15.9. The van der Waals surface area contributed by atoms with Crippen LogP contribution in [0.15, 0.2) is 72.9 Å². The van der Waals surface area contributed by atoms with E-state index < -0.39 is 0 Å². The third-order valence-corrected chi connectivity index (χ3v) is 5.96. The van der Waals surface area contributed by atoms with Crippen LogP contribution in [0.25, 0.3) is 0 Å². The van der Waals surface area contributed by atoms with Crippen molar-refractivity contribution in [1.29, 1.82) is 0 Å². The van der Waals surface area contributed by atoms with Crippen molar-refractivity contribution in [2.24, 2.45) is 0 Å². The Hall–Kier alpha value is -2.99. The van der Waals surface area contributed by atoms with E-state index in [0.29, 0.717) is 45.4 Å². The standard InChI is InChI=1S/C25H20Cl3N3O2/c1-16-2-8-21(27)23(12-16)33-15-17-3-6-19(7-4-17)25(32)29-24-10-11-31(30-24)14-18-5-9-20(26)22(28)13-18/h2-13H,14-15H2,1H3,(H,29,30,32). The number of nitrogens with one attached hydrogen (secondary N) is 1. The number of aromatic nitrogens is 2. The highest BCUT2D eigenvalue weighted by Gasteiger charge is 2.10. The summed E-state index contributed by atoms with van der Waals surface area (Å²) in [5, 5.41) is 8.77. The summed E-state index contributed by atoms with van der Waals surface area (Å²) in [6, 6.07) is 20.0. The maximum absolute atomic E-state index is 12.6. The van der Waals surface area contributed by atoms with Gasteiger partial charge in [0.25, 0.3) is 5.91 Å². The van der Waals surface area contributed by atoms with Crippen molar-refractivity contribution >= 4 is 46.5 Å². The van der Waals surface area contributed by atoms with Crippen LogP contribution >= 0.6 is 34.8 Å². The minimum absolute atomic E-state index is 0.246. The van der Waals surface area contributed by atoms with Gasteiger partial charge in [0.05, 0.1) is 21.6 Å². The average Bonchev–Trinajstić information content (AvgIpc) is 3.24. The highest BCUT2D eigenvalue weighted by Crippen LogP contribution is 2.26. The molecule has 1 heterocycles. The number of amides is 1. The van der Waals surface area contributed by atoms with E-state index in [4.69, 9.17) is 39.5 Å². The maximum atomic E-state index is 12.6. The lowest BCUT2D eigenvalue weighted by Gasteiger charge is -2.09. The summed E-state index contributed by atoms with van der Waals surface area (Å²) in [6.45, 7) is 2.84. The van der Waals surface area contributed by atoms with Crippen LogP contribution in [0.2, 0.25) is 15.1 Å². The summed E-state index contributed by atoms with van der Waals surface area (Å²) in [5.41, 5.74) is 3.47. The summed E-state index contributed by atoms with van der Waals surface area (Å²) in [4.78, 5) is 12.6. The van der Waals surface area contributed by atoms with Crippen molar-refractivity contribution in [2.45, 2.75) is 20.1 Å². The minimum atomic E-state index is -0.246. The molecule has 5 nitrogen and oxygen atoms in total. The van der Waals surface area contributed by atoms with E-state index in [1.807, 2.05) is 43.3 Å². The molecule has 0 radical (unpaired) electrons. The van der Waals surface area contributed by atoms with Crippen LogP contribution in [0, 0.1) is 6.92 Å². The number of carbonyl (C=O) groups is 1. The van der Waals surface area contributed by atoms with Gasteiger partial charge in [0, 0.05) is 17.8 Å². The molecule has 0 atom stereocenters. The SMILES string of the molecule is Cc1ccc(Cl)c(OCc2ccc(C(=O)Nc3ccn(Cc4ccc(Cl)c(Cl)c4)n3)cc2)c1. The Bertz CT molecular complexity index is 1290. The van der Waals surface area contributed by atoms with Gasteiger partial charge in [0.2, 0.25) is 0 Å². The number of hydrogen-bond donors (Lipinski definition) is 1. The lowest BCUT2D eigenvalue weighted by molar-refractivity contribution is 0.102. The summed E-state index contributed by atoms with van der Waals surface area (Å²) in [7, 11) is 0. The number of benzene rings is 3. The van der Waals surface area contributed by atoms with Gasteiger partial charge >= 0.3 is 0 Å². The lowest BCUT2D eigenvalue weighted by Crippen LogP contribution is -2.13. The molecule has 33 heavy (non-hydrogen) atoms. The Morgan fingerprint density at radius 3 is 2.39 bits per heavy atom. The Labute approximate surface area is 206 Å². The largest absolute Gasteiger partial charge is 0.487 e.